The van der Waals surface area contributed by atoms with E-state index in [9.17, 15) is 0 Å². The number of hydrogen-bond acceptors (Lipinski definition) is 0. The molecule has 1 fully saturated rings. The first-order valence-electron chi connectivity index (χ1n) is 3.00. The predicted octanol–water partition coefficient (Wildman–Crippen LogP) is 1.96. The minimum absolute atomic E-state index is 0. The van der Waals surface area contributed by atoms with Crippen LogP contribution in [0.25, 0.3) is 0 Å². The van der Waals surface area contributed by atoms with Crippen molar-refractivity contribution in [3.8, 4) is 0 Å². The van der Waals surface area contributed by atoms with Crippen LogP contribution in [0, 0.1) is 0 Å². The second-order valence-corrected chi connectivity index (χ2v) is 2.12. The van der Waals surface area contributed by atoms with E-state index in [4.69, 9.17) is 0 Å². The maximum Gasteiger partial charge on any atom is 0 e. The largest absolute Gasteiger partial charge is 0.0533 e. The van der Waals surface area contributed by atoms with Gasteiger partial charge in [0.05, 0.1) is 0 Å². The summed E-state index contributed by atoms with van der Waals surface area (Å²) in [5, 5.41) is 0. The van der Waals surface area contributed by atoms with Crippen LogP contribution in [0.5, 0.6) is 0 Å². The molecule has 0 N–H and O–H groups in total. The third-order valence-corrected chi connectivity index (χ3v) is 1.50. The topological polar surface area (TPSA) is 0 Å². The third kappa shape index (κ3) is 3.46. The molecule has 0 saturated heterocycles. The third-order valence-electron chi connectivity index (χ3n) is 1.50. The Morgan fingerprint density at radius 2 is 0.571 bits per heavy atom. The van der Waals surface area contributed by atoms with Gasteiger partial charge in [0.2, 0.25) is 0 Å². The molecule has 0 nitrogen and oxygen atoms in total. The van der Waals surface area contributed by atoms with Gasteiger partial charge in [0.15, 0.2) is 0 Å². The molecule has 0 heterocycles. The van der Waals surface area contributed by atoms with Crippen LogP contribution in [-0.4, -0.2) is 26.2 Å². The maximum absolute atomic E-state index is 1.50. The molecule has 1 aliphatic carbocycles. The summed E-state index contributed by atoms with van der Waals surface area (Å²) in [5.74, 6) is 0. The van der Waals surface area contributed by atoms with Crippen LogP contribution in [-0.2, 0) is 0 Å². The minimum atomic E-state index is 0. The fourth-order valence-corrected chi connectivity index (χ4v) is 1.06. The summed E-state index contributed by atoms with van der Waals surface area (Å²) in [6.07, 6.45) is 9.00. The molecule has 0 spiro atoms. The second kappa shape index (κ2) is 5.03. The molecule has 1 rings (SSSR count). The molecule has 41 valence electrons. The summed E-state index contributed by atoms with van der Waals surface area (Å²) < 4.78 is 0. The van der Waals surface area contributed by atoms with Crippen LogP contribution < -0.4 is 0 Å². The molecular formula is C6H12Bi. The Morgan fingerprint density at radius 1 is 0.429 bits per heavy atom. The van der Waals surface area contributed by atoms with Crippen molar-refractivity contribution in [2.45, 2.75) is 38.5 Å². The monoisotopic (exact) mass is 293 g/mol. The van der Waals surface area contributed by atoms with E-state index >= 15 is 0 Å². The molecular weight excluding hydrogens is 281 g/mol. The zero-order valence-corrected chi connectivity index (χ0v) is 8.17. The Morgan fingerprint density at radius 3 is 0.714 bits per heavy atom. The molecule has 1 saturated carbocycles. The molecule has 0 amide bonds. The van der Waals surface area contributed by atoms with Crippen LogP contribution in [0.4, 0.5) is 0 Å². The van der Waals surface area contributed by atoms with Crippen molar-refractivity contribution in [2.24, 2.45) is 0 Å². The van der Waals surface area contributed by atoms with Gasteiger partial charge in [-0.3, -0.25) is 0 Å². The van der Waals surface area contributed by atoms with Crippen molar-refractivity contribution in [1.29, 1.82) is 0 Å². The van der Waals surface area contributed by atoms with Crippen LogP contribution in [0.15, 0.2) is 0 Å². The van der Waals surface area contributed by atoms with Gasteiger partial charge in [0.25, 0.3) is 0 Å². The van der Waals surface area contributed by atoms with Gasteiger partial charge in [0.1, 0.15) is 0 Å². The van der Waals surface area contributed by atoms with Gasteiger partial charge in [0, 0.05) is 26.2 Å². The summed E-state index contributed by atoms with van der Waals surface area (Å²) in [7, 11) is 0. The van der Waals surface area contributed by atoms with E-state index in [1.165, 1.54) is 38.5 Å². The molecule has 0 bridgehead atoms. The first kappa shape index (κ1) is 7.88. The van der Waals surface area contributed by atoms with Gasteiger partial charge >= 0.3 is 0 Å². The van der Waals surface area contributed by atoms with Gasteiger partial charge in [-0.05, 0) is 0 Å². The van der Waals surface area contributed by atoms with Crippen molar-refractivity contribution in [3.05, 3.63) is 0 Å². The number of hydrogen-bond donors (Lipinski definition) is 0. The zero-order chi connectivity index (χ0) is 4.24. The molecule has 0 aromatic heterocycles. The predicted molar refractivity (Wildman–Crippen MR) is 33.5 cm³/mol. The van der Waals surface area contributed by atoms with Crippen molar-refractivity contribution in [1.82, 2.24) is 0 Å². The van der Waals surface area contributed by atoms with Crippen molar-refractivity contribution in [2.75, 3.05) is 0 Å². The van der Waals surface area contributed by atoms with Gasteiger partial charge in [-0.2, -0.15) is 0 Å². The maximum atomic E-state index is 1.50. The summed E-state index contributed by atoms with van der Waals surface area (Å²) in [5.41, 5.74) is 0. The summed E-state index contributed by atoms with van der Waals surface area (Å²) in [6.45, 7) is 0. The fourth-order valence-electron chi connectivity index (χ4n) is 1.06. The Labute approximate surface area is 64.8 Å². The Bertz CT molecular complexity index is 19.7. The molecule has 0 aromatic carbocycles. The molecule has 0 aromatic rings. The molecule has 1 aliphatic rings. The molecule has 3 radical (unpaired) electrons. The quantitative estimate of drug-likeness (QED) is 0.599. The molecule has 7 heavy (non-hydrogen) atoms. The first-order chi connectivity index (χ1) is 3.00. The Hall–Kier alpha value is 0.883. The van der Waals surface area contributed by atoms with E-state index < -0.39 is 0 Å². The summed E-state index contributed by atoms with van der Waals surface area (Å²) in [4.78, 5) is 0. The van der Waals surface area contributed by atoms with Crippen LogP contribution in [0.3, 0.4) is 0 Å². The van der Waals surface area contributed by atoms with E-state index in [2.05, 4.69) is 0 Å². The Kier molecular flexibility index (Phi) is 5.66. The number of rotatable bonds is 0. The molecule has 0 atom stereocenters. The molecule has 0 aliphatic heterocycles. The zero-order valence-electron chi connectivity index (χ0n) is 4.69. The van der Waals surface area contributed by atoms with E-state index in [0.717, 1.165) is 0 Å². The van der Waals surface area contributed by atoms with Crippen LogP contribution in [0.2, 0.25) is 0 Å². The first-order valence-corrected chi connectivity index (χ1v) is 3.00. The minimum Gasteiger partial charge on any atom is -0.0533 e. The van der Waals surface area contributed by atoms with E-state index in [1.54, 1.807) is 0 Å². The van der Waals surface area contributed by atoms with Crippen LogP contribution in [0.1, 0.15) is 38.5 Å². The van der Waals surface area contributed by atoms with E-state index in [1.807, 2.05) is 0 Å². The standard InChI is InChI=1S/C6H12.Bi/c1-2-4-6-5-3-1;/h1-6H2;. The van der Waals surface area contributed by atoms with Crippen molar-refractivity contribution < 1.29 is 0 Å². The van der Waals surface area contributed by atoms with Gasteiger partial charge in [-0.25, -0.2) is 0 Å². The van der Waals surface area contributed by atoms with Gasteiger partial charge < -0.3 is 0 Å². The van der Waals surface area contributed by atoms with Crippen molar-refractivity contribution in [3.63, 3.8) is 0 Å². The average Bonchev–Trinajstić information content (AvgIpc) is 1.72. The van der Waals surface area contributed by atoms with Crippen LogP contribution >= 0.6 is 0 Å². The Balaban J connectivity index is 0.000000360. The van der Waals surface area contributed by atoms with Crippen molar-refractivity contribution >= 4 is 26.2 Å². The smallest absolute Gasteiger partial charge is 0 e. The molecule has 0 unspecified atom stereocenters. The fraction of sp³-hybridized carbons (Fsp3) is 1.00. The second-order valence-electron chi connectivity index (χ2n) is 2.12. The SMILES string of the molecule is C1CCCCC1.[Bi]. The summed E-state index contributed by atoms with van der Waals surface area (Å²) in [6, 6.07) is 0. The normalized spacial score (nSPS) is 20.6. The summed E-state index contributed by atoms with van der Waals surface area (Å²) >= 11 is 0. The molecule has 1 heteroatoms. The van der Waals surface area contributed by atoms with Gasteiger partial charge in [-0.1, -0.05) is 38.5 Å². The van der Waals surface area contributed by atoms with E-state index in [0.29, 0.717) is 0 Å². The van der Waals surface area contributed by atoms with Gasteiger partial charge in [-0.15, -0.1) is 0 Å². The van der Waals surface area contributed by atoms with E-state index in [-0.39, 0.29) is 26.2 Å². The average molecular weight is 293 g/mol.